The summed E-state index contributed by atoms with van der Waals surface area (Å²) in [6.45, 7) is 1.97. The lowest BCUT2D eigenvalue weighted by Crippen LogP contribution is -2.03. The molecule has 0 saturated heterocycles. The first kappa shape index (κ1) is 8.53. The van der Waals surface area contributed by atoms with Gasteiger partial charge in [-0.05, 0) is 41.5 Å². The Labute approximate surface area is 80.6 Å². The molecular formula is C10H11NOS. The first-order chi connectivity index (χ1) is 6.18. The molecule has 2 rings (SSSR count). The van der Waals surface area contributed by atoms with Gasteiger partial charge in [-0.3, -0.25) is 0 Å². The molecular weight excluding hydrogens is 182 g/mol. The van der Waals surface area contributed by atoms with Gasteiger partial charge in [0.15, 0.2) is 0 Å². The van der Waals surface area contributed by atoms with Crippen LogP contribution in [0, 0.1) is 0 Å². The highest BCUT2D eigenvalue weighted by Gasteiger charge is 2.07. The zero-order chi connectivity index (χ0) is 9.42. The van der Waals surface area contributed by atoms with Gasteiger partial charge in [0, 0.05) is 10.7 Å². The number of phenols is 1. The van der Waals surface area contributed by atoms with E-state index < -0.39 is 0 Å². The van der Waals surface area contributed by atoms with E-state index in [-0.39, 0.29) is 6.04 Å². The second-order valence-corrected chi connectivity index (χ2v) is 4.07. The summed E-state index contributed by atoms with van der Waals surface area (Å²) >= 11 is 1.62. The minimum absolute atomic E-state index is 0.0540. The van der Waals surface area contributed by atoms with E-state index in [1.165, 1.54) is 0 Å². The molecule has 0 saturated carbocycles. The first-order valence-corrected chi connectivity index (χ1v) is 5.02. The molecule has 3 N–H and O–H groups in total. The van der Waals surface area contributed by atoms with E-state index in [9.17, 15) is 5.11 Å². The monoisotopic (exact) mass is 193 g/mol. The van der Waals surface area contributed by atoms with Gasteiger partial charge >= 0.3 is 0 Å². The van der Waals surface area contributed by atoms with Crippen LogP contribution in [0.15, 0.2) is 23.6 Å². The molecule has 0 aliphatic heterocycles. The normalized spacial score (nSPS) is 13.4. The molecule has 0 aliphatic carbocycles. The highest BCUT2D eigenvalue weighted by atomic mass is 32.1. The number of fused-ring (bicyclic) bond motifs is 1. The van der Waals surface area contributed by atoms with Gasteiger partial charge in [-0.25, -0.2) is 0 Å². The SMILES string of the molecule is CC(N)c1csc2cc(O)ccc12. The predicted molar refractivity (Wildman–Crippen MR) is 56.1 cm³/mol. The predicted octanol–water partition coefficient (Wildman–Crippen LogP) is 2.63. The van der Waals surface area contributed by atoms with Crippen molar-refractivity contribution in [2.75, 3.05) is 0 Å². The first-order valence-electron chi connectivity index (χ1n) is 4.14. The van der Waals surface area contributed by atoms with E-state index in [1.807, 2.05) is 13.0 Å². The van der Waals surface area contributed by atoms with E-state index in [2.05, 4.69) is 5.38 Å². The van der Waals surface area contributed by atoms with Gasteiger partial charge in [0.1, 0.15) is 5.75 Å². The Kier molecular flexibility index (Phi) is 1.98. The van der Waals surface area contributed by atoms with E-state index in [1.54, 1.807) is 23.5 Å². The van der Waals surface area contributed by atoms with Gasteiger partial charge in [0.2, 0.25) is 0 Å². The molecule has 0 amide bonds. The van der Waals surface area contributed by atoms with Crippen molar-refractivity contribution in [1.82, 2.24) is 0 Å². The van der Waals surface area contributed by atoms with Crippen LogP contribution in [0.4, 0.5) is 0 Å². The van der Waals surface area contributed by atoms with E-state index in [0.29, 0.717) is 5.75 Å². The summed E-state index contributed by atoms with van der Waals surface area (Å²) in [6.07, 6.45) is 0. The molecule has 1 aromatic carbocycles. The van der Waals surface area contributed by atoms with Crippen LogP contribution >= 0.6 is 11.3 Å². The van der Waals surface area contributed by atoms with Crippen molar-refractivity contribution in [3.63, 3.8) is 0 Å². The summed E-state index contributed by atoms with van der Waals surface area (Å²) in [5.74, 6) is 0.311. The molecule has 13 heavy (non-hydrogen) atoms. The topological polar surface area (TPSA) is 46.2 Å². The molecule has 2 aromatic rings. The fourth-order valence-electron chi connectivity index (χ4n) is 1.39. The van der Waals surface area contributed by atoms with Crippen LogP contribution in [0.2, 0.25) is 0 Å². The smallest absolute Gasteiger partial charge is 0.117 e. The van der Waals surface area contributed by atoms with Gasteiger partial charge in [-0.1, -0.05) is 0 Å². The van der Waals surface area contributed by atoms with E-state index >= 15 is 0 Å². The Morgan fingerprint density at radius 1 is 1.46 bits per heavy atom. The van der Waals surface area contributed by atoms with Crippen LogP contribution < -0.4 is 5.73 Å². The van der Waals surface area contributed by atoms with Crippen LogP contribution in [0.1, 0.15) is 18.5 Å². The third-order valence-electron chi connectivity index (χ3n) is 2.08. The van der Waals surface area contributed by atoms with Crippen molar-refractivity contribution in [1.29, 1.82) is 0 Å². The van der Waals surface area contributed by atoms with E-state index in [0.717, 1.165) is 15.6 Å². The molecule has 68 valence electrons. The third kappa shape index (κ3) is 1.41. The number of aromatic hydroxyl groups is 1. The molecule has 3 heteroatoms. The number of rotatable bonds is 1. The molecule has 1 heterocycles. The molecule has 2 nitrogen and oxygen atoms in total. The van der Waals surface area contributed by atoms with Crippen molar-refractivity contribution in [3.05, 3.63) is 29.1 Å². The maximum atomic E-state index is 9.25. The lowest BCUT2D eigenvalue weighted by Gasteiger charge is -2.02. The second-order valence-electron chi connectivity index (χ2n) is 3.16. The average Bonchev–Trinajstić information content (AvgIpc) is 2.46. The van der Waals surface area contributed by atoms with Gasteiger partial charge < -0.3 is 10.8 Å². The number of phenolic OH excluding ortho intramolecular Hbond substituents is 1. The van der Waals surface area contributed by atoms with Crippen molar-refractivity contribution < 1.29 is 5.11 Å². The number of benzene rings is 1. The van der Waals surface area contributed by atoms with Crippen LogP contribution in [0.25, 0.3) is 10.1 Å². The van der Waals surface area contributed by atoms with Crippen LogP contribution in [0.3, 0.4) is 0 Å². The Balaban J connectivity index is 2.69. The molecule has 0 radical (unpaired) electrons. The van der Waals surface area contributed by atoms with Crippen molar-refractivity contribution in [3.8, 4) is 5.75 Å². The molecule has 1 aromatic heterocycles. The molecule has 0 bridgehead atoms. The Morgan fingerprint density at radius 3 is 2.92 bits per heavy atom. The zero-order valence-corrected chi connectivity index (χ0v) is 8.14. The fraction of sp³-hybridized carbons (Fsp3) is 0.200. The van der Waals surface area contributed by atoms with E-state index in [4.69, 9.17) is 5.73 Å². The highest BCUT2D eigenvalue weighted by Crippen LogP contribution is 2.31. The third-order valence-corrected chi connectivity index (χ3v) is 3.04. The number of hydrogen-bond donors (Lipinski definition) is 2. The summed E-state index contributed by atoms with van der Waals surface area (Å²) in [5.41, 5.74) is 6.96. The number of hydrogen-bond acceptors (Lipinski definition) is 3. The molecule has 1 unspecified atom stereocenters. The largest absolute Gasteiger partial charge is 0.508 e. The maximum Gasteiger partial charge on any atom is 0.117 e. The standard InChI is InChI=1S/C10H11NOS/c1-6(11)9-5-13-10-4-7(12)2-3-8(9)10/h2-6,12H,11H2,1H3. The maximum absolute atomic E-state index is 9.25. The summed E-state index contributed by atoms with van der Waals surface area (Å²) in [4.78, 5) is 0. The molecule has 0 aliphatic rings. The van der Waals surface area contributed by atoms with Gasteiger partial charge in [-0.2, -0.15) is 0 Å². The molecule has 0 spiro atoms. The van der Waals surface area contributed by atoms with Crippen molar-refractivity contribution in [2.24, 2.45) is 5.73 Å². The Morgan fingerprint density at radius 2 is 2.23 bits per heavy atom. The van der Waals surface area contributed by atoms with Crippen LogP contribution in [-0.2, 0) is 0 Å². The summed E-state index contributed by atoms with van der Waals surface area (Å²) in [5, 5.41) is 12.5. The van der Waals surface area contributed by atoms with Crippen molar-refractivity contribution in [2.45, 2.75) is 13.0 Å². The van der Waals surface area contributed by atoms with Gasteiger partial charge in [0.05, 0.1) is 0 Å². The second kappa shape index (κ2) is 3.01. The molecule has 0 fully saturated rings. The van der Waals surface area contributed by atoms with Crippen molar-refractivity contribution >= 4 is 21.4 Å². The van der Waals surface area contributed by atoms with Gasteiger partial charge in [-0.15, -0.1) is 11.3 Å². The summed E-state index contributed by atoms with van der Waals surface area (Å²) in [7, 11) is 0. The molecule has 1 atom stereocenters. The number of nitrogens with two attached hydrogens (primary N) is 1. The summed E-state index contributed by atoms with van der Waals surface area (Å²) in [6, 6.07) is 5.44. The lowest BCUT2D eigenvalue weighted by atomic mass is 10.1. The quantitative estimate of drug-likeness (QED) is 0.731. The van der Waals surface area contributed by atoms with Crippen LogP contribution in [0.5, 0.6) is 5.75 Å². The van der Waals surface area contributed by atoms with Crippen LogP contribution in [-0.4, -0.2) is 5.11 Å². The number of thiophene rings is 1. The Hall–Kier alpha value is -1.06. The minimum atomic E-state index is 0.0540. The fourth-order valence-corrected chi connectivity index (χ4v) is 2.49. The highest BCUT2D eigenvalue weighted by molar-refractivity contribution is 7.17. The van der Waals surface area contributed by atoms with Gasteiger partial charge in [0.25, 0.3) is 0 Å². The minimum Gasteiger partial charge on any atom is -0.508 e. The lowest BCUT2D eigenvalue weighted by molar-refractivity contribution is 0.476. The average molecular weight is 193 g/mol. The zero-order valence-electron chi connectivity index (χ0n) is 7.32. The Bertz CT molecular complexity index is 433. The summed E-state index contributed by atoms with van der Waals surface area (Å²) < 4.78 is 1.09.